The van der Waals surface area contributed by atoms with Crippen LogP contribution in [0.1, 0.15) is 11.3 Å². The van der Waals surface area contributed by atoms with Crippen molar-refractivity contribution in [3.8, 4) is 0 Å². The molecule has 1 aliphatic heterocycles. The normalized spacial score (nSPS) is 13.8. The van der Waals surface area contributed by atoms with E-state index in [2.05, 4.69) is 30.5 Å². The number of rotatable bonds is 6. The van der Waals surface area contributed by atoms with Crippen molar-refractivity contribution in [2.75, 3.05) is 41.8 Å². The monoisotopic (exact) mass is 442 g/mol. The molecule has 3 N–H and O–H groups in total. The van der Waals surface area contributed by atoms with Crippen LogP contribution in [0.25, 0.3) is 10.9 Å². The molecular formula is C25H26N6O2. The number of anilines is 4. The second-order valence-corrected chi connectivity index (χ2v) is 8.08. The van der Waals surface area contributed by atoms with Gasteiger partial charge < -0.3 is 25.3 Å². The summed E-state index contributed by atoms with van der Waals surface area (Å²) in [6.07, 6.45) is 2.21. The van der Waals surface area contributed by atoms with Gasteiger partial charge in [0.15, 0.2) is 0 Å². The van der Waals surface area contributed by atoms with Gasteiger partial charge in [-0.05, 0) is 42.8 Å². The van der Waals surface area contributed by atoms with Crippen molar-refractivity contribution < 1.29 is 9.53 Å². The summed E-state index contributed by atoms with van der Waals surface area (Å²) in [7, 11) is 0. The molecule has 3 heterocycles. The van der Waals surface area contributed by atoms with Gasteiger partial charge in [0.25, 0.3) is 0 Å². The van der Waals surface area contributed by atoms with Crippen molar-refractivity contribution in [1.82, 2.24) is 15.0 Å². The van der Waals surface area contributed by atoms with Crippen LogP contribution in [0, 0.1) is 6.92 Å². The molecule has 33 heavy (non-hydrogen) atoms. The summed E-state index contributed by atoms with van der Waals surface area (Å²) < 4.78 is 5.42. The molecule has 2 aromatic heterocycles. The van der Waals surface area contributed by atoms with E-state index in [1.165, 1.54) is 0 Å². The molecule has 5 rings (SSSR count). The Morgan fingerprint density at radius 2 is 1.82 bits per heavy atom. The van der Waals surface area contributed by atoms with Crippen LogP contribution in [-0.4, -0.2) is 47.2 Å². The third kappa shape index (κ3) is 4.96. The van der Waals surface area contributed by atoms with Gasteiger partial charge in [-0.1, -0.05) is 18.2 Å². The number of amides is 1. The topological polar surface area (TPSA) is 95.2 Å². The third-order valence-corrected chi connectivity index (χ3v) is 5.60. The van der Waals surface area contributed by atoms with Crippen LogP contribution in [0.5, 0.6) is 0 Å². The Morgan fingerprint density at radius 3 is 2.64 bits per heavy atom. The molecule has 1 amide bonds. The average molecular weight is 443 g/mol. The summed E-state index contributed by atoms with van der Waals surface area (Å²) >= 11 is 0. The summed E-state index contributed by atoms with van der Waals surface area (Å²) in [6.45, 7) is 4.91. The minimum atomic E-state index is -0.0537. The Morgan fingerprint density at radius 1 is 1.06 bits per heavy atom. The fourth-order valence-electron chi connectivity index (χ4n) is 3.96. The Balaban J connectivity index is 1.22. The number of hydrogen-bond acceptors (Lipinski definition) is 6. The minimum Gasteiger partial charge on any atom is -0.378 e. The van der Waals surface area contributed by atoms with Crippen molar-refractivity contribution in [2.45, 2.75) is 13.3 Å². The molecule has 0 radical (unpaired) electrons. The van der Waals surface area contributed by atoms with Crippen LogP contribution in [0.3, 0.4) is 0 Å². The van der Waals surface area contributed by atoms with Gasteiger partial charge in [0.1, 0.15) is 5.82 Å². The molecule has 0 spiro atoms. The van der Waals surface area contributed by atoms with Crippen molar-refractivity contribution >= 4 is 40.0 Å². The number of aromatic nitrogens is 3. The van der Waals surface area contributed by atoms with Gasteiger partial charge in [0, 0.05) is 53.3 Å². The molecule has 8 heteroatoms. The van der Waals surface area contributed by atoms with Gasteiger partial charge >= 0.3 is 0 Å². The minimum absolute atomic E-state index is 0.0537. The molecule has 2 aromatic carbocycles. The van der Waals surface area contributed by atoms with E-state index in [0.717, 1.165) is 52.4 Å². The third-order valence-electron chi connectivity index (χ3n) is 5.60. The van der Waals surface area contributed by atoms with Crippen LogP contribution in [0.4, 0.5) is 23.1 Å². The maximum absolute atomic E-state index is 12.6. The first-order chi connectivity index (χ1) is 16.1. The fraction of sp³-hybridized carbons (Fsp3) is 0.240. The molecule has 8 nitrogen and oxygen atoms in total. The van der Waals surface area contributed by atoms with Crippen molar-refractivity contribution in [2.24, 2.45) is 0 Å². The molecule has 1 fully saturated rings. The predicted octanol–water partition coefficient (Wildman–Crippen LogP) is 4.03. The molecule has 1 saturated heterocycles. The van der Waals surface area contributed by atoms with E-state index < -0.39 is 0 Å². The first kappa shape index (κ1) is 21.0. The van der Waals surface area contributed by atoms with Gasteiger partial charge in [-0.2, -0.15) is 4.98 Å². The van der Waals surface area contributed by atoms with Gasteiger partial charge in [0.05, 0.1) is 19.6 Å². The quantitative estimate of drug-likeness (QED) is 0.417. The van der Waals surface area contributed by atoms with Crippen molar-refractivity contribution in [3.63, 3.8) is 0 Å². The van der Waals surface area contributed by atoms with Crippen LogP contribution in [-0.2, 0) is 16.0 Å². The largest absolute Gasteiger partial charge is 0.378 e. The Hall–Kier alpha value is -3.91. The number of nitrogens with one attached hydrogen (secondary N) is 3. The number of carbonyl (C=O) groups is 1. The number of fused-ring (bicyclic) bond motifs is 1. The highest BCUT2D eigenvalue weighted by atomic mass is 16.5. The zero-order valence-corrected chi connectivity index (χ0v) is 18.5. The summed E-state index contributed by atoms with van der Waals surface area (Å²) in [5, 5.41) is 7.38. The molecule has 0 atom stereocenters. The molecular weight excluding hydrogens is 416 g/mol. The number of ether oxygens (including phenoxy) is 1. The van der Waals surface area contributed by atoms with E-state index in [9.17, 15) is 4.79 Å². The van der Waals surface area contributed by atoms with Gasteiger partial charge in [-0.15, -0.1) is 0 Å². The second kappa shape index (κ2) is 9.30. The molecule has 168 valence electrons. The highest BCUT2D eigenvalue weighted by Gasteiger charge is 2.15. The number of hydrogen-bond donors (Lipinski definition) is 3. The lowest BCUT2D eigenvalue weighted by Crippen LogP contribution is -2.37. The number of carbonyl (C=O) groups excluding carboxylic acids is 1. The second-order valence-electron chi connectivity index (χ2n) is 8.08. The fourth-order valence-corrected chi connectivity index (χ4v) is 3.96. The molecule has 4 aromatic rings. The zero-order valence-electron chi connectivity index (χ0n) is 18.5. The van der Waals surface area contributed by atoms with Gasteiger partial charge in [0.2, 0.25) is 11.9 Å². The summed E-state index contributed by atoms with van der Waals surface area (Å²) in [4.78, 5) is 27.1. The SMILES string of the molecule is Cc1cc(Nc2ccc(NC(=O)Cc3c[nH]c4ccccc34)cc2)nc(N2CCOCC2)n1. The van der Waals surface area contributed by atoms with E-state index >= 15 is 0 Å². The highest BCUT2D eigenvalue weighted by Crippen LogP contribution is 2.22. The average Bonchev–Trinajstić information content (AvgIpc) is 3.23. The molecule has 0 bridgehead atoms. The number of aromatic amines is 1. The van der Waals surface area contributed by atoms with E-state index in [1.807, 2.05) is 67.7 Å². The summed E-state index contributed by atoms with van der Waals surface area (Å²) in [6, 6.07) is 17.5. The number of morpholine rings is 1. The molecule has 0 saturated carbocycles. The van der Waals surface area contributed by atoms with E-state index in [4.69, 9.17) is 4.74 Å². The standard InChI is InChI=1S/C25H26N6O2/c1-17-14-23(30-25(27-17)31-10-12-33-13-11-31)28-19-6-8-20(9-7-19)29-24(32)15-18-16-26-22-5-3-2-4-21(18)22/h2-9,14,16,26H,10-13,15H2,1H3,(H,29,32)(H,27,28,30). The smallest absolute Gasteiger partial charge is 0.228 e. The van der Waals surface area contributed by atoms with Crippen molar-refractivity contribution in [1.29, 1.82) is 0 Å². The van der Waals surface area contributed by atoms with Crippen LogP contribution in [0.15, 0.2) is 60.8 Å². The Bertz CT molecular complexity index is 1260. The summed E-state index contributed by atoms with van der Waals surface area (Å²) in [5.41, 5.74) is 4.55. The Labute approximate surface area is 192 Å². The maximum atomic E-state index is 12.6. The lowest BCUT2D eigenvalue weighted by molar-refractivity contribution is -0.115. The number of benzene rings is 2. The lowest BCUT2D eigenvalue weighted by atomic mass is 10.1. The van der Waals surface area contributed by atoms with Crippen LogP contribution < -0.4 is 15.5 Å². The van der Waals surface area contributed by atoms with E-state index in [-0.39, 0.29) is 5.91 Å². The van der Waals surface area contributed by atoms with Gasteiger partial charge in [-0.3, -0.25) is 4.79 Å². The Kier molecular flexibility index (Phi) is 5.91. The van der Waals surface area contributed by atoms with E-state index in [0.29, 0.717) is 25.6 Å². The number of H-pyrrole nitrogens is 1. The molecule has 0 unspecified atom stereocenters. The van der Waals surface area contributed by atoms with Crippen LogP contribution in [0.2, 0.25) is 0 Å². The van der Waals surface area contributed by atoms with Crippen molar-refractivity contribution in [3.05, 3.63) is 72.1 Å². The number of para-hydroxylation sites is 1. The van der Waals surface area contributed by atoms with E-state index in [1.54, 1.807) is 0 Å². The first-order valence-electron chi connectivity index (χ1n) is 11.0. The number of nitrogens with zero attached hydrogens (tertiary/aromatic N) is 3. The summed E-state index contributed by atoms with van der Waals surface area (Å²) in [5.74, 6) is 1.39. The predicted molar refractivity (Wildman–Crippen MR) is 130 cm³/mol. The zero-order chi connectivity index (χ0) is 22.6. The first-order valence-corrected chi connectivity index (χ1v) is 11.0. The maximum Gasteiger partial charge on any atom is 0.228 e. The van der Waals surface area contributed by atoms with Gasteiger partial charge in [-0.25, -0.2) is 4.98 Å². The molecule has 0 aliphatic carbocycles. The molecule has 1 aliphatic rings. The highest BCUT2D eigenvalue weighted by molar-refractivity contribution is 5.95. The number of aryl methyl sites for hydroxylation is 1. The van der Waals surface area contributed by atoms with Crippen LogP contribution >= 0.6 is 0 Å². The lowest BCUT2D eigenvalue weighted by Gasteiger charge is -2.27.